The fourth-order valence-electron chi connectivity index (χ4n) is 3.34. The molecule has 0 bridgehead atoms. The van der Waals surface area contributed by atoms with E-state index in [2.05, 4.69) is 0 Å². The SMILES string of the molecule is CCN(CC(C)C(=O)O)C(=O)N1CC2CCC(O)C2C1. The van der Waals surface area contributed by atoms with Gasteiger partial charge in [-0.2, -0.15) is 0 Å². The number of carbonyl (C=O) groups excluding carboxylic acids is 1. The zero-order valence-electron chi connectivity index (χ0n) is 12.2. The molecule has 0 aromatic heterocycles. The van der Waals surface area contributed by atoms with Crippen LogP contribution < -0.4 is 0 Å². The lowest BCUT2D eigenvalue weighted by atomic mass is 10.00. The summed E-state index contributed by atoms with van der Waals surface area (Å²) < 4.78 is 0. The van der Waals surface area contributed by atoms with Crippen molar-refractivity contribution in [2.24, 2.45) is 17.8 Å². The minimum atomic E-state index is -0.884. The normalized spacial score (nSPS) is 30.1. The first-order chi connectivity index (χ1) is 9.43. The number of nitrogens with zero attached hydrogens (tertiary/aromatic N) is 2. The first kappa shape index (κ1) is 15.1. The summed E-state index contributed by atoms with van der Waals surface area (Å²) in [6, 6.07) is -0.0952. The number of carboxylic acids is 1. The molecule has 0 spiro atoms. The van der Waals surface area contributed by atoms with Crippen molar-refractivity contribution in [2.75, 3.05) is 26.2 Å². The van der Waals surface area contributed by atoms with Gasteiger partial charge in [-0.3, -0.25) is 4.79 Å². The zero-order valence-corrected chi connectivity index (χ0v) is 12.2. The smallest absolute Gasteiger partial charge is 0.320 e. The Morgan fingerprint density at radius 2 is 2.05 bits per heavy atom. The van der Waals surface area contributed by atoms with Crippen LogP contribution in [0, 0.1) is 17.8 Å². The fraction of sp³-hybridized carbons (Fsp3) is 0.857. The summed E-state index contributed by atoms with van der Waals surface area (Å²) in [5, 5.41) is 18.8. The second kappa shape index (κ2) is 5.99. The highest BCUT2D eigenvalue weighted by atomic mass is 16.4. The van der Waals surface area contributed by atoms with Crippen LogP contribution in [0.2, 0.25) is 0 Å². The van der Waals surface area contributed by atoms with E-state index in [9.17, 15) is 14.7 Å². The molecule has 1 heterocycles. The summed E-state index contributed by atoms with van der Waals surface area (Å²) in [5.41, 5.74) is 0. The minimum absolute atomic E-state index is 0.0952. The number of aliphatic hydroxyl groups is 1. The number of amides is 2. The Balaban J connectivity index is 1.94. The number of carbonyl (C=O) groups is 2. The molecule has 1 aliphatic heterocycles. The van der Waals surface area contributed by atoms with Gasteiger partial charge < -0.3 is 20.0 Å². The number of hydrogen-bond acceptors (Lipinski definition) is 3. The second-order valence-corrected chi connectivity index (χ2v) is 6.03. The largest absolute Gasteiger partial charge is 0.481 e. The van der Waals surface area contributed by atoms with Crippen LogP contribution in [-0.2, 0) is 4.79 Å². The summed E-state index contributed by atoms with van der Waals surface area (Å²) in [4.78, 5) is 26.7. The molecule has 1 aliphatic carbocycles. The Bertz CT molecular complexity index is 387. The molecule has 2 N–H and O–H groups in total. The average Bonchev–Trinajstić information content (AvgIpc) is 2.97. The van der Waals surface area contributed by atoms with E-state index in [-0.39, 0.29) is 24.6 Å². The van der Waals surface area contributed by atoms with Gasteiger partial charge in [0.05, 0.1) is 12.0 Å². The van der Waals surface area contributed by atoms with Crippen molar-refractivity contribution in [2.45, 2.75) is 32.8 Å². The third-order valence-electron chi connectivity index (χ3n) is 4.66. The van der Waals surface area contributed by atoms with Gasteiger partial charge in [0.15, 0.2) is 0 Å². The first-order valence-electron chi connectivity index (χ1n) is 7.38. The lowest BCUT2D eigenvalue weighted by Crippen LogP contribution is -2.45. The average molecular weight is 284 g/mol. The summed E-state index contributed by atoms with van der Waals surface area (Å²) in [6.45, 7) is 5.50. The predicted molar refractivity (Wildman–Crippen MR) is 73.2 cm³/mol. The van der Waals surface area contributed by atoms with Crippen molar-refractivity contribution in [1.82, 2.24) is 9.80 Å². The number of likely N-dealkylation sites (tertiary alicyclic amines) is 1. The van der Waals surface area contributed by atoms with Crippen molar-refractivity contribution in [1.29, 1.82) is 0 Å². The fourth-order valence-corrected chi connectivity index (χ4v) is 3.34. The van der Waals surface area contributed by atoms with Crippen molar-refractivity contribution < 1.29 is 19.8 Å². The second-order valence-electron chi connectivity index (χ2n) is 6.03. The van der Waals surface area contributed by atoms with Gasteiger partial charge in [-0.25, -0.2) is 4.79 Å². The standard InChI is InChI=1S/C14H24N2O4/c1-3-15(6-9(2)13(18)19)14(20)16-7-10-4-5-12(17)11(10)8-16/h9-12,17H,3-8H2,1-2H3,(H,18,19). The molecule has 0 aromatic rings. The Kier molecular flexibility index (Phi) is 4.52. The van der Waals surface area contributed by atoms with Gasteiger partial charge in [0.2, 0.25) is 0 Å². The molecule has 4 unspecified atom stereocenters. The van der Waals surface area contributed by atoms with E-state index in [4.69, 9.17) is 5.11 Å². The Hall–Kier alpha value is -1.30. The van der Waals surface area contributed by atoms with Crippen molar-refractivity contribution >= 4 is 12.0 Å². The van der Waals surface area contributed by atoms with Crippen molar-refractivity contribution in [3.05, 3.63) is 0 Å². The molecule has 1 saturated carbocycles. The van der Waals surface area contributed by atoms with E-state index < -0.39 is 11.9 Å². The molecule has 2 aliphatic rings. The van der Waals surface area contributed by atoms with Crippen LogP contribution in [0.1, 0.15) is 26.7 Å². The highest BCUT2D eigenvalue weighted by Crippen LogP contribution is 2.38. The molecule has 6 nitrogen and oxygen atoms in total. The number of rotatable bonds is 4. The quantitative estimate of drug-likeness (QED) is 0.802. The van der Waals surface area contributed by atoms with E-state index in [1.807, 2.05) is 6.92 Å². The van der Waals surface area contributed by atoms with Crippen molar-refractivity contribution in [3.63, 3.8) is 0 Å². The number of aliphatic carboxylic acids is 1. The summed E-state index contributed by atoms with van der Waals surface area (Å²) >= 11 is 0. The molecule has 2 amide bonds. The number of hydrogen-bond donors (Lipinski definition) is 2. The van der Waals surface area contributed by atoms with Crippen LogP contribution >= 0.6 is 0 Å². The van der Waals surface area contributed by atoms with Crippen LogP contribution in [0.15, 0.2) is 0 Å². The topological polar surface area (TPSA) is 81.1 Å². The molecule has 20 heavy (non-hydrogen) atoms. The number of urea groups is 1. The Morgan fingerprint density at radius 1 is 1.35 bits per heavy atom. The van der Waals surface area contributed by atoms with E-state index in [1.54, 1.807) is 16.7 Å². The molecule has 2 fully saturated rings. The molecular weight excluding hydrogens is 260 g/mol. The molecule has 6 heteroatoms. The van der Waals surface area contributed by atoms with Gasteiger partial charge in [0, 0.05) is 32.1 Å². The van der Waals surface area contributed by atoms with Gasteiger partial charge in [-0.05, 0) is 25.7 Å². The molecule has 4 atom stereocenters. The van der Waals surface area contributed by atoms with Gasteiger partial charge in [-0.1, -0.05) is 6.92 Å². The van der Waals surface area contributed by atoms with Gasteiger partial charge in [-0.15, -0.1) is 0 Å². The van der Waals surface area contributed by atoms with Crippen LogP contribution in [0.25, 0.3) is 0 Å². The molecule has 0 aromatic carbocycles. The zero-order chi connectivity index (χ0) is 14.9. The maximum atomic E-state index is 12.4. The first-order valence-corrected chi connectivity index (χ1v) is 7.38. The van der Waals surface area contributed by atoms with Gasteiger partial charge >= 0.3 is 12.0 Å². The van der Waals surface area contributed by atoms with Crippen LogP contribution in [-0.4, -0.2) is 64.3 Å². The van der Waals surface area contributed by atoms with E-state index >= 15 is 0 Å². The summed E-state index contributed by atoms with van der Waals surface area (Å²) in [6.07, 6.45) is 1.53. The third-order valence-corrected chi connectivity index (χ3v) is 4.66. The van der Waals surface area contributed by atoms with Crippen LogP contribution in [0.3, 0.4) is 0 Å². The molecular formula is C14H24N2O4. The third kappa shape index (κ3) is 2.90. The molecule has 114 valence electrons. The molecule has 2 rings (SSSR count). The molecule has 0 radical (unpaired) electrons. The maximum absolute atomic E-state index is 12.4. The minimum Gasteiger partial charge on any atom is -0.481 e. The lowest BCUT2D eigenvalue weighted by molar-refractivity contribution is -0.141. The van der Waals surface area contributed by atoms with Crippen LogP contribution in [0.5, 0.6) is 0 Å². The van der Waals surface area contributed by atoms with E-state index in [0.29, 0.717) is 25.6 Å². The van der Waals surface area contributed by atoms with Crippen molar-refractivity contribution in [3.8, 4) is 0 Å². The van der Waals surface area contributed by atoms with E-state index in [0.717, 1.165) is 12.8 Å². The Labute approximate surface area is 119 Å². The highest BCUT2D eigenvalue weighted by molar-refractivity contribution is 5.76. The van der Waals surface area contributed by atoms with Gasteiger partial charge in [0.1, 0.15) is 0 Å². The Morgan fingerprint density at radius 3 is 2.60 bits per heavy atom. The van der Waals surface area contributed by atoms with Crippen LogP contribution in [0.4, 0.5) is 4.79 Å². The molecule has 1 saturated heterocycles. The maximum Gasteiger partial charge on any atom is 0.320 e. The number of aliphatic hydroxyl groups excluding tert-OH is 1. The van der Waals surface area contributed by atoms with Gasteiger partial charge in [0.25, 0.3) is 0 Å². The van der Waals surface area contributed by atoms with E-state index in [1.165, 1.54) is 0 Å². The number of carboxylic acid groups (broad SMARTS) is 1. The number of fused-ring (bicyclic) bond motifs is 1. The summed E-state index contributed by atoms with van der Waals surface area (Å²) in [7, 11) is 0. The predicted octanol–water partition coefficient (Wildman–Crippen LogP) is 0.852. The summed E-state index contributed by atoms with van der Waals surface area (Å²) in [5.74, 6) is -0.837. The lowest BCUT2D eigenvalue weighted by Gasteiger charge is -2.29. The highest BCUT2D eigenvalue weighted by Gasteiger charge is 2.44. The monoisotopic (exact) mass is 284 g/mol.